The first-order valence-electron chi connectivity index (χ1n) is 7.56. The van der Waals surface area contributed by atoms with Gasteiger partial charge in [-0.25, -0.2) is 4.39 Å². The summed E-state index contributed by atoms with van der Waals surface area (Å²) >= 11 is 0. The molecule has 5 heteroatoms. The van der Waals surface area contributed by atoms with Gasteiger partial charge in [-0.3, -0.25) is 9.59 Å². The van der Waals surface area contributed by atoms with E-state index in [1.807, 2.05) is 0 Å². The zero-order valence-electron chi connectivity index (χ0n) is 13.6. The highest BCUT2D eigenvalue weighted by Gasteiger charge is 2.19. The van der Waals surface area contributed by atoms with Gasteiger partial charge in [0.05, 0.1) is 6.42 Å². The van der Waals surface area contributed by atoms with E-state index in [4.69, 9.17) is 5.41 Å². The molecule has 1 unspecified atom stereocenters. The second-order valence-corrected chi connectivity index (χ2v) is 5.66. The summed E-state index contributed by atoms with van der Waals surface area (Å²) in [5.74, 6) is -0.905. The van der Waals surface area contributed by atoms with E-state index in [1.165, 1.54) is 31.2 Å². The molecule has 0 spiro atoms. The fourth-order valence-electron chi connectivity index (χ4n) is 2.34. The summed E-state index contributed by atoms with van der Waals surface area (Å²) in [5, 5.41) is 10.2. The fraction of sp³-hybridized carbons (Fsp3) is 0.211. The van der Waals surface area contributed by atoms with Crippen LogP contribution in [0.15, 0.2) is 48.5 Å². The third-order valence-electron chi connectivity index (χ3n) is 3.67. The average molecular weight is 326 g/mol. The molecule has 2 aromatic carbocycles. The molecule has 24 heavy (non-hydrogen) atoms. The largest absolute Gasteiger partial charge is 0.342 e. The van der Waals surface area contributed by atoms with Gasteiger partial charge in [-0.1, -0.05) is 36.4 Å². The minimum atomic E-state index is -0.791. The van der Waals surface area contributed by atoms with Crippen LogP contribution in [0, 0.1) is 11.2 Å². The number of carbonyl (C=O) groups is 2. The maximum atomic E-state index is 13.0. The highest BCUT2D eigenvalue weighted by molar-refractivity contribution is 5.96. The van der Waals surface area contributed by atoms with E-state index in [0.717, 1.165) is 11.1 Å². The van der Waals surface area contributed by atoms with Crippen molar-refractivity contribution in [2.75, 3.05) is 0 Å². The zero-order valence-corrected chi connectivity index (χ0v) is 13.6. The molecule has 0 aliphatic heterocycles. The fourth-order valence-corrected chi connectivity index (χ4v) is 2.34. The lowest BCUT2D eigenvalue weighted by Gasteiger charge is -2.16. The summed E-state index contributed by atoms with van der Waals surface area (Å²) in [4.78, 5) is 24.0. The van der Waals surface area contributed by atoms with Crippen molar-refractivity contribution in [3.63, 3.8) is 0 Å². The first-order chi connectivity index (χ1) is 11.4. The van der Waals surface area contributed by atoms with E-state index >= 15 is 0 Å². The first kappa shape index (κ1) is 17.5. The van der Waals surface area contributed by atoms with E-state index in [9.17, 15) is 14.0 Å². The molecule has 2 N–H and O–H groups in total. The Bertz CT molecular complexity index is 752. The van der Waals surface area contributed by atoms with Crippen molar-refractivity contribution < 1.29 is 14.0 Å². The maximum Gasteiger partial charge on any atom is 0.225 e. The second-order valence-electron chi connectivity index (χ2n) is 5.66. The molecule has 4 nitrogen and oxygen atoms in total. The molecule has 0 radical (unpaired) electrons. The predicted molar refractivity (Wildman–Crippen MR) is 90.6 cm³/mol. The lowest BCUT2D eigenvalue weighted by Crippen LogP contribution is -2.33. The molecule has 0 saturated heterocycles. The normalized spacial score (nSPS) is 11.6. The van der Waals surface area contributed by atoms with Gasteiger partial charge in [-0.05, 0) is 42.7 Å². The maximum absolute atomic E-state index is 13.0. The number of Topliss-reactive ketones (excluding diaryl/α,β-unsaturated/α-hetero) is 1. The van der Waals surface area contributed by atoms with Crippen LogP contribution in [0.4, 0.5) is 4.39 Å². The van der Waals surface area contributed by atoms with Crippen molar-refractivity contribution in [3.8, 4) is 0 Å². The van der Waals surface area contributed by atoms with Gasteiger partial charge in [0.15, 0.2) is 5.78 Å². The van der Waals surface area contributed by atoms with E-state index in [2.05, 4.69) is 5.32 Å². The van der Waals surface area contributed by atoms with Crippen LogP contribution in [0.2, 0.25) is 0 Å². The number of ketones is 1. The number of carbonyl (C=O) groups excluding carboxylic acids is 2. The summed E-state index contributed by atoms with van der Waals surface area (Å²) in [6.45, 7) is 3.08. The topological polar surface area (TPSA) is 70.0 Å². The molecule has 2 aromatic rings. The molecule has 0 fully saturated rings. The van der Waals surface area contributed by atoms with Crippen LogP contribution in [0.5, 0.6) is 0 Å². The van der Waals surface area contributed by atoms with Crippen LogP contribution in [0.25, 0.3) is 0 Å². The lowest BCUT2D eigenvalue weighted by molar-refractivity contribution is -0.126. The van der Waals surface area contributed by atoms with Gasteiger partial charge in [0.25, 0.3) is 0 Å². The van der Waals surface area contributed by atoms with Gasteiger partial charge in [-0.2, -0.15) is 0 Å². The Labute approximate surface area is 140 Å². The molecule has 0 heterocycles. The van der Waals surface area contributed by atoms with Crippen molar-refractivity contribution in [2.45, 2.75) is 26.3 Å². The third-order valence-corrected chi connectivity index (χ3v) is 3.67. The predicted octanol–water partition coefficient (Wildman–Crippen LogP) is 3.20. The second kappa shape index (κ2) is 7.64. The van der Waals surface area contributed by atoms with E-state index in [0.29, 0.717) is 11.3 Å². The molecule has 0 bridgehead atoms. The molecule has 0 aliphatic carbocycles. The average Bonchev–Trinajstić information content (AvgIpc) is 2.54. The molecule has 0 aromatic heterocycles. The number of nitrogens with one attached hydrogen (secondary N) is 2. The highest BCUT2D eigenvalue weighted by atomic mass is 19.1. The standard InChI is InChI=1S/C19H19FN2O2/c1-12(21)15-5-3-14(4-6-15)11-18(24)22-19(13(2)23)16-7-9-17(20)10-8-16/h3-10,19,21H,11H2,1-2H3,(H,22,24). The number of benzene rings is 2. The van der Waals surface area contributed by atoms with E-state index in [1.54, 1.807) is 31.2 Å². The minimum absolute atomic E-state index is 0.127. The quantitative estimate of drug-likeness (QED) is 0.800. The smallest absolute Gasteiger partial charge is 0.225 e. The van der Waals surface area contributed by atoms with Crippen molar-refractivity contribution in [3.05, 3.63) is 71.0 Å². The number of hydrogen-bond donors (Lipinski definition) is 2. The van der Waals surface area contributed by atoms with Gasteiger partial charge < -0.3 is 10.7 Å². The van der Waals surface area contributed by atoms with Gasteiger partial charge in [0.1, 0.15) is 11.9 Å². The van der Waals surface area contributed by atoms with Gasteiger partial charge in [-0.15, -0.1) is 0 Å². The number of halogens is 1. The number of rotatable bonds is 6. The Kier molecular flexibility index (Phi) is 5.58. The van der Waals surface area contributed by atoms with Crippen molar-refractivity contribution in [1.82, 2.24) is 5.32 Å². The molecule has 1 atom stereocenters. The first-order valence-corrected chi connectivity index (χ1v) is 7.56. The van der Waals surface area contributed by atoms with Crippen LogP contribution in [0.1, 0.15) is 36.6 Å². The van der Waals surface area contributed by atoms with Crippen LogP contribution in [0.3, 0.4) is 0 Å². The Morgan fingerprint density at radius 2 is 1.62 bits per heavy atom. The molecule has 124 valence electrons. The SMILES string of the molecule is CC(=N)c1ccc(CC(=O)NC(C(C)=O)c2ccc(F)cc2)cc1. The Morgan fingerprint density at radius 1 is 1.04 bits per heavy atom. The Hall–Kier alpha value is -2.82. The van der Waals surface area contributed by atoms with Gasteiger partial charge >= 0.3 is 0 Å². The van der Waals surface area contributed by atoms with Crippen LogP contribution >= 0.6 is 0 Å². The third kappa shape index (κ3) is 4.59. The number of hydrogen-bond acceptors (Lipinski definition) is 3. The summed E-state index contributed by atoms with van der Waals surface area (Å²) in [5.41, 5.74) is 2.59. The molecular weight excluding hydrogens is 307 g/mol. The van der Waals surface area contributed by atoms with Crippen LogP contribution < -0.4 is 5.32 Å². The van der Waals surface area contributed by atoms with Gasteiger partial charge in [0.2, 0.25) is 5.91 Å². The van der Waals surface area contributed by atoms with E-state index < -0.39 is 11.9 Å². The lowest BCUT2D eigenvalue weighted by atomic mass is 10.0. The number of amides is 1. The summed E-state index contributed by atoms with van der Waals surface area (Å²) in [6, 6.07) is 11.8. The Balaban J connectivity index is 2.06. The van der Waals surface area contributed by atoms with E-state index in [-0.39, 0.29) is 18.1 Å². The van der Waals surface area contributed by atoms with Crippen LogP contribution in [-0.2, 0) is 16.0 Å². The summed E-state index contributed by atoms with van der Waals surface area (Å²) in [6.07, 6.45) is 0.127. The zero-order chi connectivity index (χ0) is 17.7. The molecule has 0 saturated carbocycles. The molecule has 0 aliphatic rings. The summed E-state index contributed by atoms with van der Waals surface area (Å²) < 4.78 is 13.0. The van der Waals surface area contributed by atoms with Crippen LogP contribution in [-0.4, -0.2) is 17.4 Å². The molecular formula is C19H19FN2O2. The highest BCUT2D eigenvalue weighted by Crippen LogP contribution is 2.15. The van der Waals surface area contributed by atoms with Crippen molar-refractivity contribution in [2.24, 2.45) is 0 Å². The molecule has 1 amide bonds. The van der Waals surface area contributed by atoms with Crippen molar-refractivity contribution >= 4 is 17.4 Å². The molecule has 2 rings (SSSR count). The monoisotopic (exact) mass is 326 g/mol. The van der Waals surface area contributed by atoms with Gasteiger partial charge in [0, 0.05) is 5.71 Å². The minimum Gasteiger partial charge on any atom is -0.342 e. The summed E-state index contributed by atoms with van der Waals surface area (Å²) in [7, 11) is 0. The Morgan fingerprint density at radius 3 is 2.12 bits per heavy atom. The van der Waals surface area contributed by atoms with Crippen molar-refractivity contribution in [1.29, 1.82) is 5.41 Å².